The van der Waals surface area contributed by atoms with E-state index in [9.17, 15) is 8.42 Å². The number of primary sulfonamides is 1. The van der Waals surface area contributed by atoms with Crippen molar-refractivity contribution in [2.45, 2.75) is 4.34 Å². The van der Waals surface area contributed by atoms with E-state index in [-0.39, 0.29) is 4.34 Å². The Bertz CT molecular complexity index is 661. The first kappa shape index (κ1) is 12.0. The van der Waals surface area contributed by atoms with Gasteiger partial charge in [0.15, 0.2) is 0 Å². The van der Waals surface area contributed by atoms with E-state index in [1.807, 2.05) is 0 Å². The van der Waals surface area contributed by atoms with E-state index in [2.05, 4.69) is 11.6 Å². The molecule has 0 fully saturated rings. The maximum Gasteiger partial charge on any atom is 0.265 e. The van der Waals surface area contributed by atoms with Crippen molar-refractivity contribution in [3.63, 3.8) is 0 Å². The summed E-state index contributed by atoms with van der Waals surface area (Å²) in [5, 5.41) is 5.01. The van der Waals surface area contributed by atoms with Gasteiger partial charge in [-0.3, -0.25) is 0 Å². The minimum Gasteiger partial charge on any atom is -0.490 e. The molecular weight excluding hydrogens is 260 g/mol. The number of ether oxygens (including phenoxy) is 1. The zero-order valence-electron chi connectivity index (χ0n) is 8.79. The maximum absolute atomic E-state index is 11.1. The van der Waals surface area contributed by atoms with E-state index < -0.39 is 10.0 Å². The van der Waals surface area contributed by atoms with Crippen molar-refractivity contribution < 1.29 is 13.2 Å². The van der Waals surface area contributed by atoms with Crippen molar-refractivity contribution >= 4 is 31.6 Å². The lowest BCUT2D eigenvalue weighted by Crippen LogP contribution is -2.11. The van der Waals surface area contributed by atoms with Gasteiger partial charge >= 0.3 is 0 Å². The van der Waals surface area contributed by atoms with Crippen LogP contribution in [0.25, 0.3) is 10.2 Å². The first-order chi connectivity index (χ1) is 8.00. The minimum atomic E-state index is -3.74. The highest BCUT2D eigenvalue weighted by atomic mass is 32.2. The maximum atomic E-state index is 11.1. The molecule has 17 heavy (non-hydrogen) atoms. The summed E-state index contributed by atoms with van der Waals surface area (Å²) in [7, 11) is -3.74. The van der Waals surface area contributed by atoms with Crippen LogP contribution in [0.15, 0.2) is 35.2 Å². The van der Waals surface area contributed by atoms with Crippen molar-refractivity contribution in [1.82, 2.24) is 4.98 Å². The molecule has 0 atom stereocenters. The zero-order valence-corrected chi connectivity index (χ0v) is 10.4. The molecule has 0 saturated carbocycles. The summed E-state index contributed by atoms with van der Waals surface area (Å²) in [5.41, 5.74) is 0.588. The van der Waals surface area contributed by atoms with Crippen LogP contribution in [0, 0.1) is 0 Å². The predicted molar refractivity (Wildman–Crippen MR) is 66.7 cm³/mol. The molecule has 0 unspecified atom stereocenters. The Morgan fingerprint density at radius 2 is 2.29 bits per heavy atom. The summed E-state index contributed by atoms with van der Waals surface area (Å²) < 4.78 is 28.2. The summed E-state index contributed by atoms with van der Waals surface area (Å²) in [6, 6.07) is 5.14. The monoisotopic (exact) mass is 270 g/mol. The number of aromatic nitrogens is 1. The van der Waals surface area contributed by atoms with Crippen LogP contribution in [0.3, 0.4) is 0 Å². The molecule has 90 valence electrons. The summed E-state index contributed by atoms with van der Waals surface area (Å²) in [6.45, 7) is 3.94. The van der Waals surface area contributed by atoms with Gasteiger partial charge in [-0.2, -0.15) is 0 Å². The smallest absolute Gasteiger partial charge is 0.265 e. The Morgan fingerprint density at radius 3 is 2.94 bits per heavy atom. The molecule has 0 aliphatic heterocycles. The van der Waals surface area contributed by atoms with Crippen LogP contribution < -0.4 is 9.88 Å². The van der Waals surface area contributed by atoms with Gasteiger partial charge in [0.25, 0.3) is 10.0 Å². The molecule has 2 rings (SSSR count). The Labute approximate surface area is 103 Å². The summed E-state index contributed by atoms with van der Waals surface area (Å²) in [4.78, 5) is 3.94. The van der Waals surface area contributed by atoms with Crippen LogP contribution in [0.1, 0.15) is 0 Å². The lowest BCUT2D eigenvalue weighted by molar-refractivity contribution is 0.364. The Kier molecular flexibility index (Phi) is 3.14. The third kappa shape index (κ3) is 2.63. The number of thiazole rings is 1. The molecule has 0 saturated heterocycles. The molecule has 1 heterocycles. The van der Waals surface area contributed by atoms with Gasteiger partial charge in [0.2, 0.25) is 4.34 Å². The van der Waals surface area contributed by atoms with Crippen LogP contribution in [0.2, 0.25) is 0 Å². The van der Waals surface area contributed by atoms with Gasteiger partial charge in [0, 0.05) is 0 Å². The molecule has 2 N–H and O–H groups in total. The van der Waals surface area contributed by atoms with Gasteiger partial charge in [-0.15, -0.1) is 11.3 Å². The molecule has 5 nitrogen and oxygen atoms in total. The second kappa shape index (κ2) is 4.44. The normalized spacial score (nSPS) is 11.6. The number of fused-ring (bicyclic) bond motifs is 1. The SMILES string of the molecule is C=CCOc1ccc2nc(S(N)(=O)=O)sc2c1. The number of sulfonamides is 1. The van der Waals surface area contributed by atoms with Crippen LogP contribution in [0.4, 0.5) is 0 Å². The van der Waals surface area contributed by atoms with Gasteiger partial charge in [0.1, 0.15) is 12.4 Å². The third-order valence-electron chi connectivity index (χ3n) is 1.95. The summed E-state index contributed by atoms with van der Waals surface area (Å²) >= 11 is 1.02. The van der Waals surface area contributed by atoms with Gasteiger partial charge < -0.3 is 4.74 Å². The van der Waals surface area contributed by atoms with Gasteiger partial charge in [-0.05, 0) is 18.2 Å². The zero-order chi connectivity index (χ0) is 12.5. The second-order valence-corrected chi connectivity index (χ2v) is 6.02. The fourth-order valence-corrected chi connectivity index (χ4v) is 2.94. The van der Waals surface area contributed by atoms with Crippen LogP contribution in [0.5, 0.6) is 5.75 Å². The quantitative estimate of drug-likeness (QED) is 0.854. The molecule has 0 spiro atoms. The van der Waals surface area contributed by atoms with Crippen LogP contribution in [-0.2, 0) is 10.0 Å². The highest BCUT2D eigenvalue weighted by molar-refractivity contribution is 7.91. The molecular formula is C10H10N2O3S2. The number of hydrogen-bond donors (Lipinski definition) is 1. The van der Waals surface area contributed by atoms with Gasteiger partial charge in [0.05, 0.1) is 10.2 Å². The standard InChI is InChI=1S/C10H10N2O3S2/c1-2-5-15-7-3-4-8-9(6-7)16-10(12-8)17(11,13)14/h2-4,6H,1,5H2,(H2,11,13,14). The van der Waals surface area contributed by atoms with E-state index in [1.54, 1.807) is 24.3 Å². The van der Waals surface area contributed by atoms with Gasteiger partial charge in [-0.25, -0.2) is 18.5 Å². The Morgan fingerprint density at radius 1 is 1.53 bits per heavy atom. The lowest BCUT2D eigenvalue weighted by atomic mass is 10.3. The number of nitrogens with two attached hydrogens (primary N) is 1. The Hall–Kier alpha value is -1.44. The van der Waals surface area contributed by atoms with Crippen molar-refractivity contribution in [2.75, 3.05) is 6.61 Å². The lowest BCUT2D eigenvalue weighted by Gasteiger charge is -2.01. The predicted octanol–water partition coefficient (Wildman–Crippen LogP) is 1.51. The highest BCUT2D eigenvalue weighted by Gasteiger charge is 2.14. The molecule has 1 aromatic carbocycles. The largest absolute Gasteiger partial charge is 0.490 e. The van der Waals surface area contributed by atoms with E-state index in [0.717, 1.165) is 16.0 Å². The molecule has 1 aromatic heterocycles. The number of nitrogens with zero attached hydrogens (tertiary/aromatic N) is 1. The third-order valence-corrected chi connectivity index (χ3v) is 4.29. The molecule has 0 aliphatic carbocycles. The molecule has 7 heteroatoms. The Balaban J connectivity index is 2.44. The van der Waals surface area contributed by atoms with E-state index in [0.29, 0.717) is 17.9 Å². The molecule has 0 aliphatic rings. The number of benzene rings is 1. The summed E-state index contributed by atoms with van der Waals surface area (Å²) in [6.07, 6.45) is 1.63. The molecule has 0 amide bonds. The fourth-order valence-electron chi connectivity index (χ4n) is 1.25. The van der Waals surface area contributed by atoms with Crippen LogP contribution in [-0.4, -0.2) is 20.0 Å². The average molecular weight is 270 g/mol. The summed E-state index contributed by atoms with van der Waals surface area (Å²) in [5.74, 6) is 0.641. The van der Waals surface area contributed by atoms with Gasteiger partial charge in [-0.1, -0.05) is 12.7 Å². The number of rotatable bonds is 4. The average Bonchev–Trinajstić information content (AvgIpc) is 2.68. The van der Waals surface area contributed by atoms with Crippen molar-refractivity contribution in [3.8, 4) is 5.75 Å². The molecule has 0 radical (unpaired) electrons. The fraction of sp³-hybridized carbons (Fsp3) is 0.100. The first-order valence-electron chi connectivity index (χ1n) is 4.68. The second-order valence-electron chi connectivity index (χ2n) is 3.25. The van der Waals surface area contributed by atoms with E-state index in [1.165, 1.54) is 0 Å². The van der Waals surface area contributed by atoms with Crippen LogP contribution >= 0.6 is 11.3 Å². The van der Waals surface area contributed by atoms with Crippen molar-refractivity contribution in [1.29, 1.82) is 0 Å². The van der Waals surface area contributed by atoms with E-state index in [4.69, 9.17) is 9.88 Å². The first-order valence-corrected chi connectivity index (χ1v) is 7.04. The topological polar surface area (TPSA) is 82.3 Å². The molecule has 2 aromatic rings. The minimum absolute atomic E-state index is 0.0895. The van der Waals surface area contributed by atoms with Crippen molar-refractivity contribution in [2.24, 2.45) is 5.14 Å². The molecule has 0 bridgehead atoms. The van der Waals surface area contributed by atoms with Crippen molar-refractivity contribution in [3.05, 3.63) is 30.9 Å². The highest BCUT2D eigenvalue weighted by Crippen LogP contribution is 2.28. The van der Waals surface area contributed by atoms with E-state index >= 15 is 0 Å². The number of hydrogen-bond acceptors (Lipinski definition) is 5.